The van der Waals surface area contributed by atoms with Gasteiger partial charge in [0.1, 0.15) is 0 Å². The fraction of sp³-hybridized carbons (Fsp3) is 0.611. The molecule has 126 valence electrons. The average Bonchev–Trinajstić information content (AvgIpc) is 2.83. The number of rotatable bonds is 3. The van der Waals surface area contributed by atoms with Gasteiger partial charge in [-0.3, -0.25) is 0 Å². The number of nitrogens with one attached hydrogen (secondary N) is 1. The predicted molar refractivity (Wildman–Crippen MR) is 90.0 cm³/mol. The summed E-state index contributed by atoms with van der Waals surface area (Å²) in [5, 5.41) is 2.92. The molecule has 1 heterocycles. The average molecular weight is 318 g/mol. The van der Waals surface area contributed by atoms with Gasteiger partial charge in [-0.25, -0.2) is 4.79 Å². The van der Waals surface area contributed by atoms with Gasteiger partial charge >= 0.3 is 6.03 Å². The van der Waals surface area contributed by atoms with Crippen molar-refractivity contribution in [1.82, 2.24) is 4.90 Å². The lowest BCUT2D eigenvalue weighted by atomic mass is 9.94. The van der Waals surface area contributed by atoms with Crippen molar-refractivity contribution in [2.24, 2.45) is 5.92 Å². The Morgan fingerprint density at radius 2 is 1.91 bits per heavy atom. The summed E-state index contributed by atoms with van der Waals surface area (Å²) in [6.45, 7) is 4.90. The van der Waals surface area contributed by atoms with Gasteiger partial charge in [-0.15, -0.1) is 0 Å². The van der Waals surface area contributed by atoms with Gasteiger partial charge in [-0.1, -0.05) is 20.3 Å². The van der Waals surface area contributed by atoms with Crippen LogP contribution in [0.5, 0.6) is 11.5 Å². The van der Waals surface area contributed by atoms with Crippen LogP contribution in [0.3, 0.4) is 0 Å². The Balaban J connectivity index is 1.66. The van der Waals surface area contributed by atoms with E-state index in [0.717, 1.165) is 49.4 Å². The third kappa shape index (κ3) is 3.54. The van der Waals surface area contributed by atoms with Crippen molar-refractivity contribution in [2.75, 3.05) is 18.9 Å². The third-order valence-corrected chi connectivity index (χ3v) is 4.39. The largest absolute Gasteiger partial charge is 0.448 e. The first-order chi connectivity index (χ1) is 11.0. The van der Waals surface area contributed by atoms with Gasteiger partial charge in [0.25, 0.3) is 5.79 Å². The number of nitrogens with zero attached hydrogens (tertiary/aromatic N) is 1. The summed E-state index contributed by atoms with van der Waals surface area (Å²) < 4.78 is 12.1. The molecule has 0 saturated heterocycles. The van der Waals surface area contributed by atoms with Crippen molar-refractivity contribution in [1.29, 1.82) is 0 Å². The second-order valence-corrected chi connectivity index (χ2v) is 7.04. The lowest BCUT2D eigenvalue weighted by Gasteiger charge is -2.31. The molecule has 2 amide bonds. The van der Waals surface area contributed by atoms with Gasteiger partial charge in [0, 0.05) is 38.2 Å². The maximum absolute atomic E-state index is 12.2. The summed E-state index contributed by atoms with van der Waals surface area (Å²) in [5.41, 5.74) is 0.737. The normalized spacial score (nSPS) is 18.3. The Bertz CT molecular complexity index is 580. The quantitative estimate of drug-likeness (QED) is 0.907. The second kappa shape index (κ2) is 6.30. The summed E-state index contributed by atoms with van der Waals surface area (Å²) in [5.74, 6) is 1.47. The number of fused-ring (bicyclic) bond motifs is 1. The summed E-state index contributed by atoms with van der Waals surface area (Å²) in [6, 6.07) is 5.51. The van der Waals surface area contributed by atoms with Crippen molar-refractivity contribution in [3.05, 3.63) is 18.2 Å². The molecule has 3 rings (SSSR count). The van der Waals surface area contributed by atoms with Crippen LogP contribution in [0.4, 0.5) is 10.5 Å². The number of carbonyl (C=O) groups is 1. The standard InChI is InChI=1S/C18H26N2O3/c1-13(2)12-20(3)17(21)19-14-7-8-15-16(11-14)23-18(22-15)9-5-4-6-10-18/h7-8,11,13H,4-6,9-10,12H2,1-3H3,(H,19,21). The molecule has 5 nitrogen and oxygen atoms in total. The van der Waals surface area contributed by atoms with Gasteiger partial charge in [-0.2, -0.15) is 0 Å². The molecular formula is C18H26N2O3. The van der Waals surface area contributed by atoms with Gasteiger partial charge in [0.2, 0.25) is 0 Å². The molecule has 1 aromatic rings. The molecular weight excluding hydrogens is 292 g/mol. The zero-order valence-electron chi connectivity index (χ0n) is 14.2. The van der Waals surface area contributed by atoms with Crippen LogP contribution in [0.15, 0.2) is 18.2 Å². The number of carbonyl (C=O) groups excluding carboxylic acids is 1. The molecule has 0 aromatic heterocycles. The monoisotopic (exact) mass is 318 g/mol. The minimum absolute atomic E-state index is 0.107. The molecule has 2 aliphatic rings. The van der Waals surface area contributed by atoms with E-state index in [1.165, 1.54) is 6.42 Å². The van der Waals surface area contributed by atoms with Crippen molar-refractivity contribution >= 4 is 11.7 Å². The van der Waals surface area contributed by atoms with Crippen LogP contribution in [0.2, 0.25) is 0 Å². The maximum atomic E-state index is 12.2. The predicted octanol–water partition coefficient (Wildman–Crippen LogP) is 4.24. The van der Waals surface area contributed by atoms with Crippen molar-refractivity contribution < 1.29 is 14.3 Å². The fourth-order valence-electron chi connectivity index (χ4n) is 3.32. The molecule has 0 unspecified atom stereocenters. The first-order valence-corrected chi connectivity index (χ1v) is 8.52. The van der Waals surface area contributed by atoms with E-state index in [0.29, 0.717) is 5.92 Å². The molecule has 1 aromatic carbocycles. The van der Waals surface area contributed by atoms with Crippen LogP contribution in [0, 0.1) is 5.92 Å². The van der Waals surface area contributed by atoms with E-state index in [9.17, 15) is 4.79 Å². The summed E-state index contributed by atoms with van der Waals surface area (Å²) in [6.07, 6.45) is 5.38. The first kappa shape index (κ1) is 16.0. The molecule has 23 heavy (non-hydrogen) atoms. The van der Waals surface area contributed by atoms with Crippen LogP contribution < -0.4 is 14.8 Å². The number of ether oxygens (including phenoxy) is 2. The van der Waals surface area contributed by atoms with Gasteiger partial charge in [0.05, 0.1) is 0 Å². The fourth-order valence-corrected chi connectivity index (χ4v) is 3.32. The maximum Gasteiger partial charge on any atom is 0.321 e. The SMILES string of the molecule is CC(C)CN(C)C(=O)Nc1ccc2c(c1)OC1(CCCCC1)O2. The van der Waals surface area contributed by atoms with Crippen molar-refractivity contribution in [2.45, 2.75) is 51.7 Å². The molecule has 1 saturated carbocycles. The molecule has 1 aliphatic heterocycles. The minimum atomic E-state index is -0.475. The molecule has 1 fully saturated rings. The summed E-state index contributed by atoms with van der Waals surface area (Å²) >= 11 is 0. The Labute approximate surface area is 137 Å². The number of hydrogen-bond donors (Lipinski definition) is 1. The molecule has 0 radical (unpaired) electrons. The minimum Gasteiger partial charge on any atom is -0.448 e. The van der Waals surface area contributed by atoms with E-state index < -0.39 is 5.79 Å². The number of amides is 2. The molecule has 0 bridgehead atoms. The second-order valence-electron chi connectivity index (χ2n) is 7.04. The molecule has 5 heteroatoms. The Morgan fingerprint density at radius 3 is 2.61 bits per heavy atom. The molecule has 0 atom stereocenters. The van der Waals surface area contributed by atoms with E-state index in [1.54, 1.807) is 11.9 Å². The zero-order chi connectivity index (χ0) is 16.4. The third-order valence-electron chi connectivity index (χ3n) is 4.39. The van der Waals surface area contributed by atoms with Crippen molar-refractivity contribution in [3.8, 4) is 11.5 Å². The van der Waals surface area contributed by atoms with Crippen LogP contribution in [0.1, 0.15) is 46.0 Å². The lowest BCUT2D eigenvalue weighted by molar-refractivity contribution is -0.105. The van der Waals surface area contributed by atoms with E-state index in [-0.39, 0.29) is 6.03 Å². The number of anilines is 1. The highest BCUT2D eigenvalue weighted by atomic mass is 16.7. The smallest absolute Gasteiger partial charge is 0.321 e. The summed E-state index contributed by atoms with van der Waals surface area (Å²) in [4.78, 5) is 13.9. The van der Waals surface area contributed by atoms with E-state index in [4.69, 9.17) is 9.47 Å². The number of urea groups is 1. The molecule has 1 aliphatic carbocycles. The highest BCUT2D eigenvalue weighted by Gasteiger charge is 2.42. The van der Waals surface area contributed by atoms with Crippen LogP contribution in [-0.2, 0) is 0 Å². The topological polar surface area (TPSA) is 50.8 Å². The Morgan fingerprint density at radius 1 is 1.22 bits per heavy atom. The van der Waals surface area contributed by atoms with E-state index >= 15 is 0 Å². The van der Waals surface area contributed by atoms with E-state index in [2.05, 4.69) is 19.2 Å². The Kier molecular flexibility index (Phi) is 4.37. The number of benzene rings is 1. The highest BCUT2D eigenvalue weighted by Crippen LogP contribution is 2.46. The van der Waals surface area contributed by atoms with Crippen molar-refractivity contribution in [3.63, 3.8) is 0 Å². The number of hydrogen-bond acceptors (Lipinski definition) is 3. The zero-order valence-corrected chi connectivity index (χ0v) is 14.2. The van der Waals surface area contributed by atoms with E-state index in [1.807, 2.05) is 18.2 Å². The van der Waals surface area contributed by atoms with Crippen LogP contribution >= 0.6 is 0 Å². The van der Waals surface area contributed by atoms with Crippen LogP contribution in [0.25, 0.3) is 0 Å². The van der Waals surface area contributed by atoms with Crippen LogP contribution in [-0.4, -0.2) is 30.3 Å². The summed E-state index contributed by atoms with van der Waals surface area (Å²) in [7, 11) is 1.80. The Hall–Kier alpha value is -1.91. The lowest BCUT2D eigenvalue weighted by Crippen LogP contribution is -2.40. The highest BCUT2D eigenvalue weighted by molar-refractivity contribution is 5.89. The molecule has 1 N–H and O–H groups in total. The van der Waals surface area contributed by atoms with Gasteiger partial charge in [0.15, 0.2) is 11.5 Å². The van der Waals surface area contributed by atoms with Gasteiger partial charge < -0.3 is 19.7 Å². The molecule has 1 spiro atoms. The van der Waals surface area contributed by atoms with Gasteiger partial charge in [-0.05, 0) is 30.9 Å². The first-order valence-electron chi connectivity index (χ1n) is 8.52.